The molecule has 1 aromatic carbocycles. The van der Waals surface area contributed by atoms with Crippen LogP contribution in [0.25, 0.3) is 0 Å². The minimum atomic E-state index is -1.88. The number of methoxy groups -OCH3 is 1. The lowest BCUT2D eigenvalue weighted by Crippen LogP contribution is -2.49. The van der Waals surface area contributed by atoms with E-state index in [1.807, 2.05) is 0 Å². The topological polar surface area (TPSA) is 67.4 Å². The molecule has 29 heavy (non-hydrogen) atoms. The highest BCUT2D eigenvalue weighted by Gasteiger charge is 2.36. The molecular weight excluding hydrogens is 478 g/mol. The van der Waals surface area contributed by atoms with Gasteiger partial charge in [0.05, 0.1) is 12.7 Å². The second-order valence-electron chi connectivity index (χ2n) is 6.51. The van der Waals surface area contributed by atoms with Crippen molar-refractivity contribution in [2.24, 2.45) is 0 Å². The number of thiophene rings is 1. The third kappa shape index (κ3) is 5.30. The largest absolute Gasteiger partial charge is 0.465 e. The molecule has 3 rings (SSSR count). The molecule has 156 valence electrons. The van der Waals surface area contributed by atoms with Gasteiger partial charge in [0.2, 0.25) is 3.79 Å². The van der Waals surface area contributed by atoms with Crippen LogP contribution in [0.15, 0.2) is 24.3 Å². The van der Waals surface area contributed by atoms with Crippen molar-refractivity contribution in [3.8, 4) is 0 Å². The van der Waals surface area contributed by atoms with Crippen molar-refractivity contribution in [2.45, 2.75) is 35.6 Å². The second kappa shape index (κ2) is 9.31. The quantitative estimate of drug-likeness (QED) is 0.321. The summed E-state index contributed by atoms with van der Waals surface area (Å²) in [5.41, 5.74) is 1.75. The standard InChI is InChI=1S/C19H18Cl4N2O3S/c1-28-17(27)14-12-4-2-3-5-13(12)29-16(14)25-18(19(21,22)23)24-15(26)10-6-8-11(20)9-7-10/h6-9,18,25H,2-5H2,1H3,(H,24,26)/t18-/m0/s1. The van der Waals surface area contributed by atoms with E-state index >= 15 is 0 Å². The fraction of sp³-hybridized carbons (Fsp3) is 0.368. The number of carbonyl (C=O) groups is 2. The van der Waals surface area contributed by atoms with Crippen molar-refractivity contribution in [1.29, 1.82) is 0 Å². The third-order valence-corrected chi connectivity index (χ3v) is 6.68. The molecule has 0 saturated carbocycles. The van der Waals surface area contributed by atoms with E-state index in [0.29, 0.717) is 21.2 Å². The Morgan fingerprint density at radius 1 is 1.14 bits per heavy atom. The maximum atomic E-state index is 12.6. The van der Waals surface area contributed by atoms with Crippen molar-refractivity contribution in [2.75, 3.05) is 12.4 Å². The molecule has 1 aromatic heterocycles. The van der Waals surface area contributed by atoms with Crippen LogP contribution in [-0.4, -0.2) is 28.9 Å². The highest BCUT2D eigenvalue weighted by Crippen LogP contribution is 2.40. The van der Waals surface area contributed by atoms with E-state index in [4.69, 9.17) is 51.1 Å². The summed E-state index contributed by atoms with van der Waals surface area (Å²) in [6.07, 6.45) is 2.62. The Morgan fingerprint density at radius 3 is 2.41 bits per heavy atom. The summed E-state index contributed by atoms with van der Waals surface area (Å²) in [5, 5.41) is 6.72. The Hall–Kier alpha value is -1.18. The predicted octanol–water partition coefficient (Wildman–Crippen LogP) is 5.61. The molecule has 0 bridgehead atoms. The molecule has 1 heterocycles. The lowest BCUT2D eigenvalue weighted by molar-refractivity contribution is 0.0600. The first-order valence-corrected chi connectivity index (χ1v) is 11.2. The number of carbonyl (C=O) groups excluding carboxylic acids is 2. The van der Waals surface area contributed by atoms with E-state index < -0.39 is 21.8 Å². The molecule has 0 spiro atoms. The molecule has 1 aliphatic carbocycles. The summed E-state index contributed by atoms with van der Waals surface area (Å²) in [7, 11) is 1.33. The number of halogens is 4. The Balaban J connectivity index is 1.89. The molecule has 10 heteroatoms. The van der Waals surface area contributed by atoms with Gasteiger partial charge in [-0.2, -0.15) is 0 Å². The van der Waals surface area contributed by atoms with Crippen LogP contribution in [0.5, 0.6) is 0 Å². The van der Waals surface area contributed by atoms with Gasteiger partial charge in [0.1, 0.15) is 11.2 Å². The van der Waals surface area contributed by atoms with Crippen LogP contribution in [0, 0.1) is 0 Å². The van der Waals surface area contributed by atoms with Crippen LogP contribution in [0.2, 0.25) is 5.02 Å². The molecule has 5 nitrogen and oxygen atoms in total. The van der Waals surface area contributed by atoms with Crippen molar-refractivity contribution in [3.05, 3.63) is 50.9 Å². The van der Waals surface area contributed by atoms with E-state index in [0.717, 1.165) is 36.1 Å². The van der Waals surface area contributed by atoms with Gasteiger partial charge in [-0.1, -0.05) is 46.4 Å². The molecule has 1 atom stereocenters. The molecule has 2 N–H and O–H groups in total. The number of hydrogen-bond acceptors (Lipinski definition) is 5. The molecule has 0 fully saturated rings. The molecule has 0 unspecified atom stereocenters. The number of fused-ring (bicyclic) bond motifs is 1. The number of nitrogens with one attached hydrogen (secondary N) is 2. The van der Waals surface area contributed by atoms with Crippen molar-refractivity contribution >= 4 is 74.6 Å². The van der Waals surface area contributed by atoms with Crippen LogP contribution in [0.4, 0.5) is 5.00 Å². The van der Waals surface area contributed by atoms with Gasteiger partial charge in [-0.3, -0.25) is 4.79 Å². The molecular formula is C19H18Cl4N2O3S. The highest BCUT2D eigenvalue weighted by atomic mass is 35.6. The first kappa shape index (κ1) is 22.5. The summed E-state index contributed by atoms with van der Waals surface area (Å²) in [6, 6.07) is 6.32. The average molecular weight is 496 g/mol. The van der Waals surface area contributed by atoms with Gasteiger partial charge in [-0.15, -0.1) is 11.3 Å². The number of esters is 1. The number of alkyl halides is 3. The van der Waals surface area contributed by atoms with Gasteiger partial charge < -0.3 is 15.4 Å². The highest BCUT2D eigenvalue weighted by molar-refractivity contribution is 7.16. The smallest absolute Gasteiger partial charge is 0.341 e. The number of amides is 1. The summed E-state index contributed by atoms with van der Waals surface area (Å²) in [5.74, 6) is -0.912. The van der Waals surface area contributed by atoms with Crippen LogP contribution in [0.1, 0.15) is 44.0 Å². The SMILES string of the molecule is COC(=O)c1c(N[C@H](NC(=O)c2ccc(Cl)cc2)C(Cl)(Cl)Cl)sc2c1CCCC2. The normalized spacial score (nSPS) is 14.7. The zero-order valence-electron chi connectivity index (χ0n) is 15.4. The molecule has 0 radical (unpaired) electrons. The van der Waals surface area contributed by atoms with Gasteiger partial charge in [0, 0.05) is 15.5 Å². The number of anilines is 1. The summed E-state index contributed by atoms with van der Waals surface area (Å²) >= 11 is 25.6. The van der Waals surface area contributed by atoms with Gasteiger partial charge in [0.15, 0.2) is 0 Å². The van der Waals surface area contributed by atoms with Crippen LogP contribution in [0.3, 0.4) is 0 Å². The molecule has 2 aromatic rings. The van der Waals surface area contributed by atoms with Crippen LogP contribution in [-0.2, 0) is 17.6 Å². The predicted molar refractivity (Wildman–Crippen MR) is 119 cm³/mol. The van der Waals surface area contributed by atoms with E-state index in [1.165, 1.54) is 18.4 Å². The summed E-state index contributed by atoms with van der Waals surface area (Å²) < 4.78 is 3.08. The Kier molecular flexibility index (Phi) is 7.23. The molecule has 0 aliphatic heterocycles. The minimum absolute atomic E-state index is 0.356. The lowest BCUT2D eigenvalue weighted by Gasteiger charge is -2.27. The first-order valence-electron chi connectivity index (χ1n) is 8.83. The van der Waals surface area contributed by atoms with Crippen LogP contribution < -0.4 is 10.6 Å². The minimum Gasteiger partial charge on any atom is -0.465 e. The second-order valence-corrected chi connectivity index (χ2v) is 10.4. The zero-order valence-corrected chi connectivity index (χ0v) is 19.2. The average Bonchev–Trinajstić information content (AvgIpc) is 3.04. The maximum Gasteiger partial charge on any atom is 0.341 e. The third-order valence-electron chi connectivity index (χ3n) is 4.55. The van der Waals surface area contributed by atoms with Crippen LogP contribution >= 0.6 is 57.7 Å². The number of ether oxygens (including phenoxy) is 1. The Bertz CT molecular complexity index is 909. The first-order chi connectivity index (χ1) is 13.7. The summed E-state index contributed by atoms with van der Waals surface area (Å²) in [6.45, 7) is 0. The van der Waals surface area contributed by atoms with E-state index in [-0.39, 0.29) is 0 Å². The lowest BCUT2D eigenvalue weighted by atomic mass is 9.95. The van der Waals surface area contributed by atoms with Crippen molar-refractivity contribution < 1.29 is 14.3 Å². The Morgan fingerprint density at radius 2 is 1.79 bits per heavy atom. The van der Waals surface area contributed by atoms with Gasteiger partial charge in [-0.05, 0) is 55.5 Å². The number of aryl methyl sites for hydroxylation is 1. The van der Waals surface area contributed by atoms with E-state index in [1.54, 1.807) is 24.3 Å². The fourth-order valence-corrected chi connectivity index (χ4v) is 4.89. The fourth-order valence-electron chi connectivity index (χ4n) is 3.13. The Labute approximate surface area is 192 Å². The van der Waals surface area contributed by atoms with Crippen molar-refractivity contribution in [1.82, 2.24) is 5.32 Å². The number of benzene rings is 1. The monoisotopic (exact) mass is 494 g/mol. The molecule has 0 saturated heterocycles. The van der Waals surface area contributed by atoms with Gasteiger partial charge in [0.25, 0.3) is 5.91 Å². The molecule has 1 amide bonds. The van der Waals surface area contributed by atoms with Gasteiger partial charge in [-0.25, -0.2) is 4.79 Å². The number of hydrogen-bond donors (Lipinski definition) is 2. The summed E-state index contributed by atoms with van der Waals surface area (Å²) in [4.78, 5) is 26.1. The van der Waals surface area contributed by atoms with Crippen molar-refractivity contribution in [3.63, 3.8) is 0 Å². The zero-order chi connectivity index (χ0) is 21.2. The number of rotatable bonds is 5. The van der Waals surface area contributed by atoms with E-state index in [9.17, 15) is 9.59 Å². The molecule has 1 aliphatic rings. The van der Waals surface area contributed by atoms with E-state index in [2.05, 4.69) is 10.6 Å². The van der Waals surface area contributed by atoms with Gasteiger partial charge >= 0.3 is 5.97 Å². The maximum absolute atomic E-state index is 12.6.